The highest BCUT2D eigenvalue weighted by Crippen LogP contribution is 2.70. The number of fused-ring (bicyclic) bond motifs is 3. The Balaban J connectivity index is 0.916. The van der Waals surface area contributed by atoms with Crippen LogP contribution in [0.5, 0.6) is 0 Å². The second kappa shape index (κ2) is 18.1. The van der Waals surface area contributed by atoms with E-state index in [1.54, 1.807) is 13.0 Å². The molecule has 19 nitrogen and oxygen atoms in total. The molecule has 3 saturated heterocycles. The van der Waals surface area contributed by atoms with Crippen LogP contribution in [0.2, 0.25) is 0 Å². The molecule has 7 fully saturated rings. The Labute approximate surface area is 366 Å². The zero-order chi connectivity index (χ0) is 45.3. The van der Waals surface area contributed by atoms with Crippen LogP contribution in [0.4, 0.5) is 0 Å². The second-order valence-corrected chi connectivity index (χ2v) is 19.8. The van der Waals surface area contributed by atoms with Crippen LogP contribution in [-0.2, 0) is 57.0 Å². The van der Waals surface area contributed by atoms with Crippen LogP contribution in [0.3, 0.4) is 0 Å². The molecule has 0 aromatic rings. The first-order valence-corrected chi connectivity index (χ1v) is 22.6. The first-order chi connectivity index (χ1) is 29.9. The predicted octanol–water partition coefficient (Wildman–Crippen LogP) is -0.462. The van der Waals surface area contributed by atoms with Crippen LogP contribution in [-0.4, -0.2) is 179 Å². The maximum absolute atomic E-state index is 14.8. The number of esters is 2. The highest BCUT2D eigenvalue weighted by Gasteiger charge is 2.69. The van der Waals surface area contributed by atoms with Gasteiger partial charge in [0.05, 0.1) is 31.5 Å². The summed E-state index contributed by atoms with van der Waals surface area (Å²) in [5, 5.41) is 72.7. The topological polar surface area (TPSA) is 276 Å². The third-order valence-electron chi connectivity index (χ3n) is 16.4. The van der Waals surface area contributed by atoms with E-state index in [0.29, 0.717) is 31.5 Å². The van der Waals surface area contributed by atoms with Gasteiger partial charge in [0.25, 0.3) is 0 Å². The van der Waals surface area contributed by atoms with E-state index < -0.39 is 128 Å². The third kappa shape index (κ3) is 8.23. The molecule has 0 amide bonds. The van der Waals surface area contributed by atoms with E-state index in [-0.39, 0.29) is 42.2 Å². The lowest BCUT2D eigenvalue weighted by atomic mass is 9.37. The number of methoxy groups -OCH3 is 1. The number of rotatable bonds is 11. The standard InChI is InChI=1S/C44H66O19/c1-19-37(63-40-36(53)34(51)32(49)27(62-40)18-57-39-35(52)33(50)31(48)26(16-45)61-39)25(55-5)15-30(58-19)60-24-8-10-42(3)23(38(24)59-20(2)46)7-13-44-12-6-22(21-14-29(47)56-17-21)43(4,41(44)54)11-9-28(42)44/h14,19,22-28,30-40,45,48-53H,6-13,15-18H2,1-5H3/t19-,22?,23-,24-,25+,26+,27+,28+,30-,31+,32+,33-,34-,35+,36+,37-,38+,39+,40-,42-,43+,44+/m0/s1. The largest absolute Gasteiger partial charge is 0.459 e. The van der Waals surface area contributed by atoms with E-state index in [4.69, 9.17) is 42.6 Å². The lowest BCUT2D eigenvalue weighted by Crippen LogP contribution is -2.67. The minimum Gasteiger partial charge on any atom is -0.459 e. The van der Waals surface area contributed by atoms with Crippen LogP contribution in [0.1, 0.15) is 85.5 Å². The van der Waals surface area contributed by atoms with Crippen LogP contribution in [0.25, 0.3) is 0 Å². The summed E-state index contributed by atoms with van der Waals surface area (Å²) in [5.41, 5.74) is -0.442. The number of aliphatic hydroxyl groups is 7. The Morgan fingerprint density at radius 3 is 2.14 bits per heavy atom. The average molecular weight is 899 g/mol. The van der Waals surface area contributed by atoms with Gasteiger partial charge in [-0.3, -0.25) is 9.59 Å². The number of carbonyl (C=O) groups is 3. The molecule has 356 valence electrons. The number of ketones is 1. The molecule has 63 heavy (non-hydrogen) atoms. The Hall–Kier alpha value is -2.21. The maximum Gasteiger partial charge on any atom is 0.331 e. The van der Waals surface area contributed by atoms with E-state index in [9.17, 15) is 50.1 Å². The number of hydrogen-bond donors (Lipinski definition) is 7. The Morgan fingerprint density at radius 1 is 0.794 bits per heavy atom. The van der Waals surface area contributed by atoms with Crippen molar-refractivity contribution in [3.63, 3.8) is 0 Å². The molecule has 4 saturated carbocycles. The molecular formula is C44H66O19. The van der Waals surface area contributed by atoms with Crippen LogP contribution in [0, 0.1) is 34.0 Å². The fourth-order valence-corrected chi connectivity index (χ4v) is 13.2. The summed E-state index contributed by atoms with van der Waals surface area (Å²) in [6, 6.07) is 0. The molecule has 4 aliphatic heterocycles. The third-order valence-corrected chi connectivity index (χ3v) is 16.4. The first-order valence-electron chi connectivity index (χ1n) is 22.6. The van der Waals surface area contributed by atoms with Gasteiger partial charge in [-0.2, -0.15) is 0 Å². The highest BCUT2D eigenvalue weighted by atomic mass is 16.8. The number of ether oxygens (including phenoxy) is 9. The van der Waals surface area contributed by atoms with Crippen molar-refractivity contribution in [2.24, 2.45) is 34.0 Å². The van der Waals surface area contributed by atoms with Gasteiger partial charge >= 0.3 is 11.9 Å². The molecular weight excluding hydrogens is 832 g/mol. The number of aliphatic hydroxyl groups excluding tert-OH is 7. The summed E-state index contributed by atoms with van der Waals surface area (Å²) in [6.45, 7) is 6.51. The molecule has 2 bridgehead atoms. The fourth-order valence-electron chi connectivity index (χ4n) is 13.2. The Kier molecular flexibility index (Phi) is 13.6. The van der Waals surface area contributed by atoms with Gasteiger partial charge in [0.15, 0.2) is 18.9 Å². The molecule has 4 aliphatic carbocycles. The Morgan fingerprint density at radius 2 is 1.48 bits per heavy atom. The normalized spacial score (nSPS) is 51.1. The van der Waals surface area contributed by atoms with Crippen molar-refractivity contribution >= 4 is 17.7 Å². The van der Waals surface area contributed by atoms with Gasteiger partial charge in [-0.15, -0.1) is 0 Å². The molecule has 1 spiro atoms. The number of cyclic esters (lactones) is 1. The molecule has 0 aromatic carbocycles. The average Bonchev–Trinajstić information content (AvgIpc) is 3.67. The quantitative estimate of drug-likeness (QED) is 0.102. The van der Waals surface area contributed by atoms with E-state index in [1.807, 2.05) is 0 Å². The molecule has 8 aliphatic rings. The number of Topliss-reactive ketones (excluding diaryl/α,β-unsaturated/α-hetero) is 1. The van der Waals surface area contributed by atoms with Crippen molar-refractivity contribution < 1.29 is 92.8 Å². The number of hydrogen-bond acceptors (Lipinski definition) is 19. The number of carbonyl (C=O) groups excluding carboxylic acids is 3. The van der Waals surface area contributed by atoms with E-state index >= 15 is 0 Å². The molecule has 0 radical (unpaired) electrons. The van der Waals surface area contributed by atoms with Gasteiger partial charge in [0.1, 0.15) is 73.4 Å². The molecule has 7 N–H and O–H groups in total. The first kappa shape index (κ1) is 47.3. The van der Waals surface area contributed by atoms with Crippen LogP contribution in [0.15, 0.2) is 11.6 Å². The fraction of sp³-hybridized carbons (Fsp3) is 0.886. The second-order valence-electron chi connectivity index (χ2n) is 19.8. The van der Waals surface area contributed by atoms with Crippen LogP contribution >= 0.6 is 0 Å². The van der Waals surface area contributed by atoms with Gasteiger partial charge < -0.3 is 78.4 Å². The van der Waals surface area contributed by atoms with Gasteiger partial charge in [-0.1, -0.05) is 13.8 Å². The van der Waals surface area contributed by atoms with Crippen LogP contribution < -0.4 is 0 Å². The van der Waals surface area contributed by atoms with Gasteiger partial charge in [0.2, 0.25) is 0 Å². The summed E-state index contributed by atoms with van der Waals surface area (Å²) in [6.07, 6.45) is -12.5. The van der Waals surface area contributed by atoms with Crippen molar-refractivity contribution in [1.29, 1.82) is 0 Å². The zero-order valence-electron chi connectivity index (χ0n) is 36.6. The summed E-state index contributed by atoms with van der Waals surface area (Å²) >= 11 is 0. The summed E-state index contributed by atoms with van der Waals surface area (Å²) in [4.78, 5) is 39.6. The van der Waals surface area contributed by atoms with Crippen molar-refractivity contribution in [2.75, 3.05) is 26.9 Å². The smallest absolute Gasteiger partial charge is 0.331 e. The van der Waals surface area contributed by atoms with Gasteiger partial charge in [0, 0.05) is 43.3 Å². The molecule has 4 heterocycles. The van der Waals surface area contributed by atoms with E-state index in [1.165, 1.54) is 14.0 Å². The van der Waals surface area contributed by atoms with Gasteiger partial charge in [-0.05, 0) is 81.1 Å². The molecule has 0 aromatic heterocycles. The maximum atomic E-state index is 14.8. The SMILES string of the molecule is CO[C@@H]1C[C@H](O[C@H]2CC[C@@]3(C)[C@@H](CC[C@]45CCC(C6=CC(=O)OC6)[C@@](C)(CC[C@@H]43)C5=O)[C@H]2OC(C)=O)O[C@@H](C)[C@@H]1O[C@@H]1O[C@H](CO[C@@H]2O[C@H](CO)[C@@H](O)[C@H](O)[C@H]2O)[C@@H](O)[C@H](O)[C@H]1O. The summed E-state index contributed by atoms with van der Waals surface area (Å²) in [7, 11) is 1.48. The summed E-state index contributed by atoms with van der Waals surface area (Å²) < 4.78 is 53.4. The minimum atomic E-state index is -1.75. The van der Waals surface area contributed by atoms with Crippen molar-refractivity contribution in [3.8, 4) is 0 Å². The molecule has 22 atom stereocenters. The lowest BCUT2D eigenvalue weighted by Gasteiger charge is -2.67. The summed E-state index contributed by atoms with van der Waals surface area (Å²) in [5.74, 6) is -0.472. The lowest BCUT2D eigenvalue weighted by molar-refractivity contribution is -0.356. The van der Waals surface area contributed by atoms with Crippen molar-refractivity contribution in [1.82, 2.24) is 0 Å². The highest BCUT2D eigenvalue weighted by molar-refractivity contribution is 5.94. The molecule has 8 rings (SSSR count). The monoisotopic (exact) mass is 898 g/mol. The Bertz CT molecular complexity index is 1730. The predicted molar refractivity (Wildman–Crippen MR) is 212 cm³/mol. The van der Waals surface area contributed by atoms with E-state index in [2.05, 4.69) is 13.8 Å². The zero-order valence-corrected chi connectivity index (χ0v) is 36.6. The minimum absolute atomic E-state index is 0.0188. The van der Waals surface area contributed by atoms with E-state index in [0.717, 1.165) is 31.3 Å². The van der Waals surface area contributed by atoms with Crippen molar-refractivity contribution in [3.05, 3.63) is 11.6 Å². The van der Waals surface area contributed by atoms with Gasteiger partial charge in [-0.25, -0.2) is 4.79 Å². The van der Waals surface area contributed by atoms with Crippen molar-refractivity contribution in [2.45, 2.75) is 184 Å². The molecule has 19 heteroatoms. The molecule has 1 unspecified atom stereocenters.